The molecule has 1 atom stereocenters. The van der Waals surface area contributed by atoms with E-state index in [0.29, 0.717) is 6.04 Å². The first-order valence-corrected chi connectivity index (χ1v) is 5.17. The molecule has 1 fully saturated rings. The summed E-state index contributed by atoms with van der Waals surface area (Å²) in [5.74, 6) is 0. The van der Waals surface area contributed by atoms with Crippen molar-refractivity contribution in [2.24, 2.45) is 0 Å². The smallest absolute Gasteiger partial charge is 0.0319 e. The average Bonchev–Trinajstić information content (AvgIpc) is 2.71. The summed E-state index contributed by atoms with van der Waals surface area (Å²) >= 11 is 0. The van der Waals surface area contributed by atoms with Gasteiger partial charge in [-0.2, -0.15) is 0 Å². The molecule has 13 heavy (non-hydrogen) atoms. The molecule has 2 rings (SSSR count). The molecule has 0 amide bonds. The molecule has 0 saturated carbocycles. The summed E-state index contributed by atoms with van der Waals surface area (Å²) in [7, 11) is 0. The van der Waals surface area contributed by atoms with Crippen molar-refractivity contribution < 1.29 is 0 Å². The first-order valence-electron chi connectivity index (χ1n) is 5.17. The molecule has 0 aliphatic carbocycles. The van der Waals surface area contributed by atoms with E-state index in [9.17, 15) is 0 Å². The number of hydrogen-bond donors (Lipinski definition) is 0. The van der Waals surface area contributed by atoms with E-state index in [2.05, 4.69) is 42.2 Å². The number of rotatable bonds is 2. The Bertz CT molecular complexity index is 249. The van der Waals surface area contributed by atoms with Crippen LogP contribution in [0.1, 0.15) is 31.4 Å². The van der Waals surface area contributed by atoms with Crippen LogP contribution in [0.4, 0.5) is 0 Å². The normalized spacial score (nSPS) is 20.4. The van der Waals surface area contributed by atoms with Crippen molar-refractivity contribution in [2.45, 2.75) is 25.8 Å². The molecule has 0 radical (unpaired) electrons. The van der Waals surface area contributed by atoms with Crippen LogP contribution in [0.25, 0.3) is 0 Å². The van der Waals surface area contributed by atoms with Crippen LogP contribution in [0.3, 0.4) is 0 Å². The van der Waals surface area contributed by atoms with Gasteiger partial charge in [0, 0.05) is 6.04 Å². The van der Waals surface area contributed by atoms with Gasteiger partial charge in [-0.15, -0.1) is 0 Å². The molecule has 0 N–H and O–H groups in total. The minimum absolute atomic E-state index is 0.601. The summed E-state index contributed by atoms with van der Waals surface area (Å²) in [5, 5.41) is 0. The van der Waals surface area contributed by atoms with E-state index in [-0.39, 0.29) is 0 Å². The average molecular weight is 175 g/mol. The first kappa shape index (κ1) is 8.76. The molecule has 70 valence electrons. The predicted octanol–water partition coefficient (Wildman–Crippen LogP) is 2.84. The minimum Gasteiger partial charge on any atom is -0.297 e. The summed E-state index contributed by atoms with van der Waals surface area (Å²) in [4.78, 5) is 2.56. The second-order valence-corrected chi connectivity index (χ2v) is 3.83. The van der Waals surface area contributed by atoms with Crippen LogP contribution in [-0.4, -0.2) is 18.0 Å². The highest BCUT2D eigenvalue weighted by molar-refractivity contribution is 5.18. The van der Waals surface area contributed by atoms with E-state index in [1.54, 1.807) is 0 Å². The van der Waals surface area contributed by atoms with E-state index in [1.807, 2.05) is 0 Å². The van der Waals surface area contributed by atoms with Crippen molar-refractivity contribution in [1.82, 2.24) is 4.90 Å². The third kappa shape index (κ3) is 1.92. The van der Waals surface area contributed by atoms with Crippen molar-refractivity contribution in [1.29, 1.82) is 0 Å². The number of benzene rings is 1. The maximum Gasteiger partial charge on any atom is 0.0319 e. The summed E-state index contributed by atoms with van der Waals surface area (Å²) in [6, 6.07) is 11.4. The fourth-order valence-electron chi connectivity index (χ4n) is 2.07. The van der Waals surface area contributed by atoms with Gasteiger partial charge in [0.2, 0.25) is 0 Å². The van der Waals surface area contributed by atoms with Crippen molar-refractivity contribution >= 4 is 0 Å². The van der Waals surface area contributed by atoms with Gasteiger partial charge in [-0.1, -0.05) is 30.3 Å². The van der Waals surface area contributed by atoms with Crippen LogP contribution in [-0.2, 0) is 0 Å². The minimum atomic E-state index is 0.601. The van der Waals surface area contributed by atoms with Crippen molar-refractivity contribution in [3.05, 3.63) is 35.9 Å². The summed E-state index contributed by atoms with van der Waals surface area (Å²) in [5.41, 5.74) is 1.45. The lowest BCUT2D eigenvalue weighted by molar-refractivity contribution is 0.263. The molecule has 1 heteroatoms. The molecule has 1 aliphatic heterocycles. The van der Waals surface area contributed by atoms with Crippen LogP contribution in [0.5, 0.6) is 0 Å². The molecular weight excluding hydrogens is 158 g/mol. The van der Waals surface area contributed by atoms with Crippen molar-refractivity contribution in [2.75, 3.05) is 13.1 Å². The summed E-state index contributed by atoms with van der Waals surface area (Å²) < 4.78 is 0. The lowest BCUT2D eigenvalue weighted by Crippen LogP contribution is -2.22. The van der Waals surface area contributed by atoms with E-state index in [1.165, 1.54) is 31.5 Å². The summed E-state index contributed by atoms with van der Waals surface area (Å²) in [6.45, 7) is 4.85. The Hall–Kier alpha value is -0.820. The van der Waals surface area contributed by atoms with E-state index in [0.717, 1.165) is 0 Å². The molecular formula is C12H17N. The van der Waals surface area contributed by atoms with Crippen LogP contribution >= 0.6 is 0 Å². The van der Waals surface area contributed by atoms with Gasteiger partial charge in [-0.25, -0.2) is 0 Å². The predicted molar refractivity (Wildman–Crippen MR) is 55.7 cm³/mol. The van der Waals surface area contributed by atoms with Crippen LogP contribution < -0.4 is 0 Å². The fraction of sp³-hybridized carbons (Fsp3) is 0.500. The zero-order chi connectivity index (χ0) is 9.10. The molecule has 1 saturated heterocycles. The second-order valence-electron chi connectivity index (χ2n) is 3.83. The Labute approximate surface area is 80.4 Å². The lowest BCUT2D eigenvalue weighted by atomic mass is 10.1. The maximum atomic E-state index is 2.56. The highest BCUT2D eigenvalue weighted by atomic mass is 15.2. The fourth-order valence-corrected chi connectivity index (χ4v) is 2.07. The molecule has 1 nitrogen and oxygen atoms in total. The van der Waals surface area contributed by atoms with E-state index >= 15 is 0 Å². The number of nitrogens with zero attached hydrogens (tertiary/aromatic N) is 1. The topological polar surface area (TPSA) is 3.24 Å². The Kier molecular flexibility index (Phi) is 2.65. The molecule has 1 aliphatic rings. The van der Waals surface area contributed by atoms with Gasteiger partial charge in [-0.05, 0) is 38.4 Å². The van der Waals surface area contributed by atoms with Crippen LogP contribution in [0.2, 0.25) is 0 Å². The SMILES string of the molecule is CC(c1ccccc1)N1CCCC1. The number of likely N-dealkylation sites (tertiary alicyclic amines) is 1. The monoisotopic (exact) mass is 175 g/mol. The van der Waals surface area contributed by atoms with Crippen LogP contribution in [0.15, 0.2) is 30.3 Å². The van der Waals surface area contributed by atoms with Crippen molar-refractivity contribution in [3.8, 4) is 0 Å². The van der Waals surface area contributed by atoms with E-state index < -0.39 is 0 Å². The Morgan fingerprint density at radius 3 is 2.31 bits per heavy atom. The van der Waals surface area contributed by atoms with Gasteiger partial charge in [0.15, 0.2) is 0 Å². The highest BCUT2D eigenvalue weighted by Crippen LogP contribution is 2.23. The second kappa shape index (κ2) is 3.93. The highest BCUT2D eigenvalue weighted by Gasteiger charge is 2.18. The molecule has 0 spiro atoms. The molecule has 1 aromatic rings. The quantitative estimate of drug-likeness (QED) is 0.668. The molecule has 1 unspecified atom stereocenters. The molecule has 1 aromatic carbocycles. The summed E-state index contributed by atoms with van der Waals surface area (Å²) in [6.07, 6.45) is 2.74. The first-order chi connectivity index (χ1) is 6.38. The van der Waals surface area contributed by atoms with Gasteiger partial charge in [0.1, 0.15) is 0 Å². The Morgan fingerprint density at radius 2 is 1.69 bits per heavy atom. The lowest BCUT2D eigenvalue weighted by Gasteiger charge is -2.23. The number of hydrogen-bond acceptors (Lipinski definition) is 1. The third-order valence-electron chi connectivity index (χ3n) is 2.97. The third-order valence-corrected chi connectivity index (χ3v) is 2.97. The van der Waals surface area contributed by atoms with E-state index in [4.69, 9.17) is 0 Å². The van der Waals surface area contributed by atoms with Gasteiger partial charge >= 0.3 is 0 Å². The molecule has 0 aromatic heterocycles. The Morgan fingerprint density at radius 1 is 1.08 bits per heavy atom. The standard InChI is InChI=1S/C12H17N/c1-11(13-9-5-6-10-13)12-7-3-2-4-8-12/h2-4,7-8,11H,5-6,9-10H2,1H3. The Balaban J connectivity index is 2.08. The van der Waals surface area contributed by atoms with Gasteiger partial charge in [0.05, 0.1) is 0 Å². The molecule has 1 heterocycles. The molecule has 0 bridgehead atoms. The van der Waals surface area contributed by atoms with Gasteiger partial charge < -0.3 is 0 Å². The maximum absolute atomic E-state index is 2.56. The van der Waals surface area contributed by atoms with Crippen molar-refractivity contribution in [3.63, 3.8) is 0 Å². The zero-order valence-corrected chi connectivity index (χ0v) is 8.24. The van der Waals surface area contributed by atoms with Crippen LogP contribution in [0, 0.1) is 0 Å². The van der Waals surface area contributed by atoms with Gasteiger partial charge in [0.25, 0.3) is 0 Å². The van der Waals surface area contributed by atoms with Gasteiger partial charge in [-0.3, -0.25) is 4.90 Å². The largest absolute Gasteiger partial charge is 0.297 e. The zero-order valence-electron chi connectivity index (χ0n) is 8.24.